The Labute approximate surface area is 54.4 Å². The van der Waals surface area contributed by atoms with Crippen LogP contribution in [0.5, 0.6) is 0 Å². The molecule has 0 saturated heterocycles. The average Bonchev–Trinajstić information content (AvgIpc) is 1.64. The molecular formula is C6H13F2N. The highest BCUT2D eigenvalue weighted by Gasteiger charge is 2.20. The van der Waals surface area contributed by atoms with E-state index in [0.717, 1.165) is 0 Å². The SMILES string of the molecule is CNC(C(C)C)C(F)F. The molecule has 0 saturated carbocycles. The Morgan fingerprint density at radius 3 is 1.67 bits per heavy atom. The predicted octanol–water partition coefficient (Wildman–Crippen LogP) is 1.50. The van der Waals surface area contributed by atoms with Crippen LogP contribution in [0.15, 0.2) is 0 Å². The Hall–Kier alpha value is -0.180. The van der Waals surface area contributed by atoms with Gasteiger partial charge in [-0.25, -0.2) is 8.78 Å². The van der Waals surface area contributed by atoms with Crippen molar-refractivity contribution in [1.29, 1.82) is 0 Å². The Bertz CT molecular complexity index is 65.5. The summed E-state index contributed by atoms with van der Waals surface area (Å²) >= 11 is 0. The molecule has 0 aliphatic heterocycles. The highest BCUT2D eigenvalue weighted by molar-refractivity contribution is 4.69. The van der Waals surface area contributed by atoms with Gasteiger partial charge in [-0.3, -0.25) is 0 Å². The minimum Gasteiger partial charge on any atom is -0.312 e. The lowest BCUT2D eigenvalue weighted by atomic mass is 10.1. The normalized spacial score (nSPS) is 15.0. The zero-order valence-electron chi connectivity index (χ0n) is 5.99. The Morgan fingerprint density at radius 1 is 1.22 bits per heavy atom. The third-order valence-electron chi connectivity index (χ3n) is 1.32. The van der Waals surface area contributed by atoms with Gasteiger partial charge in [0.05, 0.1) is 6.04 Å². The van der Waals surface area contributed by atoms with Crippen LogP contribution in [0.1, 0.15) is 13.8 Å². The molecule has 0 aromatic carbocycles. The van der Waals surface area contributed by atoms with Gasteiger partial charge in [0.15, 0.2) is 0 Å². The molecule has 0 aromatic heterocycles. The summed E-state index contributed by atoms with van der Waals surface area (Å²) in [5.74, 6) is -0.00463. The van der Waals surface area contributed by atoms with Gasteiger partial charge in [0.25, 0.3) is 6.43 Å². The van der Waals surface area contributed by atoms with Crippen LogP contribution in [-0.2, 0) is 0 Å². The van der Waals surface area contributed by atoms with Crippen molar-refractivity contribution >= 4 is 0 Å². The first-order valence-electron chi connectivity index (χ1n) is 3.05. The molecular weight excluding hydrogens is 124 g/mol. The van der Waals surface area contributed by atoms with Gasteiger partial charge in [-0.15, -0.1) is 0 Å². The molecule has 1 N–H and O–H groups in total. The Morgan fingerprint density at radius 2 is 1.67 bits per heavy atom. The number of hydrogen-bond donors (Lipinski definition) is 1. The van der Waals surface area contributed by atoms with Crippen molar-refractivity contribution in [3.63, 3.8) is 0 Å². The van der Waals surface area contributed by atoms with E-state index in [4.69, 9.17) is 0 Å². The van der Waals surface area contributed by atoms with Crippen molar-refractivity contribution in [3.05, 3.63) is 0 Å². The maximum absolute atomic E-state index is 11.9. The molecule has 0 bridgehead atoms. The first-order chi connectivity index (χ1) is 4.09. The summed E-state index contributed by atoms with van der Waals surface area (Å²) in [5, 5.41) is 2.55. The molecule has 1 nitrogen and oxygen atoms in total. The van der Waals surface area contributed by atoms with Gasteiger partial charge in [0.2, 0.25) is 0 Å². The van der Waals surface area contributed by atoms with Crippen LogP contribution in [0.25, 0.3) is 0 Å². The maximum Gasteiger partial charge on any atom is 0.253 e. The number of hydrogen-bond acceptors (Lipinski definition) is 1. The summed E-state index contributed by atoms with van der Waals surface area (Å²) in [6.45, 7) is 3.54. The predicted molar refractivity (Wildman–Crippen MR) is 33.7 cm³/mol. The fourth-order valence-electron chi connectivity index (χ4n) is 0.750. The lowest BCUT2D eigenvalue weighted by molar-refractivity contribution is 0.0809. The third kappa shape index (κ3) is 2.75. The van der Waals surface area contributed by atoms with Crippen LogP contribution < -0.4 is 5.32 Å². The smallest absolute Gasteiger partial charge is 0.253 e. The van der Waals surface area contributed by atoms with Crippen molar-refractivity contribution in [2.75, 3.05) is 7.05 Å². The molecule has 0 rings (SSSR count). The summed E-state index contributed by atoms with van der Waals surface area (Å²) in [4.78, 5) is 0. The summed E-state index contributed by atoms with van der Waals surface area (Å²) in [5.41, 5.74) is 0. The second-order valence-electron chi connectivity index (χ2n) is 2.39. The first kappa shape index (κ1) is 8.82. The van der Waals surface area contributed by atoms with Crippen LogP contribution in [0.3, 0.4) is 0 Å². The van der Waals surface area contributed by atoms with E-state index >= 15 is 0 Å². The summed E-state index contributed by atoms with van der Waals surface area (Å²) in [6.07, 6.45) is -2.25. The van der Waals surface area contributed by atoms with Gasteiger partial charge in [-0.2, -0.15) is 0 Å². The van der Waals surface area contributed by atoms with Crippen LogP contribution in [0.2, 0.25) is 0 Å². The van der Waals surface area contributed by atoms with Crippen molar-refractivity contribution in [2.24, 2.45) is 5.92 Å². The number of halogens is 2. The average molecular weight is 137 g/mol. The molecule has 0 aliphatic rings. The van der Waals surface area contributed by atoms with E-state index in [2.05, 4.69) is 5.32 Å². The van der Waals surface area contributed by atoms with Gasteiger partial charge in [0, 0.05) is 0 Å². The molecule has 0 aliphatic carbocycles. The molecule has 0 amide bonds. The van der Waals surface area contributed by atoms with Crippen molar-refractivity contribution in [1.82, 2.24) is 5.32 Å². The zero-order chi connectivity index (χ0) is 7.44. The molecule has 1 atom stereocenters. The maximum atomic E-state index is 11.9. The second-order valence-corrected chi connectivity index (χ2v) is 2.39. The summed E-state index contributed by atoms with van der Waals surface area (Å²) < 4.78 is 23.8. The van der Waals surface area contributed by atoms with E-state index in [9.17, 15) is 8.78 Å². The number of alkyl halides is 2. The zero-order valence-corrected chi connectivity index (χ0v) is 5.99. The molecule has 56 valence electrons. The number of nitrogens with one attached hydrogen (secondary N) is 1. The molecule has 3 heteroatoms. The van der Waals surface area contributed by atoms with E-state index in [1.54, 1.807) is 20.9 Å². The third-order valence-corrected chi connectivity index (χ3v) is 1.32. The van der Waals surface area contributed by atoms with Crippen molar-refractivity contribution < 1.29 is 8.78 Å². The van der Waals surface area contributed by atoms with Crippen LogP contribution in [-0.4, -0.2) is 19.5 Å². The quantitative estimate of drug-likeness (QED) is 0.621. The van der Waals surface area contributed by atoms with Crippen molar-refractivity contribution in [2.45, 2.75) is 26.3 Å². The van der Waals surface area contributed by atoms with E-state index < -0.39 is 12.5 Å². The van der Waals surface area contributed by atoms with Crippen LogP contribution in [0, 0.1) is 5.92 Å². The minimum absolute atomic E-state index is 0.00463. The molecule has 9 heavy (non-hydrogen) atoms. The second kappa shape index (κ2) is 3.77. The van der Waals surface area contributed by atoms with Crippen LogP contribution in [0.4, 0.5) is 8.78 Å². The molecule has 0 fully saturated rings. The Balaban J connectivity index is 3.68. The van der Waals surface area contributed by atoms with Gasteiger partial charge >= 0.3 is 0 Å². The fraction of sp³-hybridized carbons (Fsp3) is 1.00. The van der Waals surface area contributed by atoms with Gasteiger partial charge < -0.3 is 5.32 Å². The van der Waals surface area contributed by atoms with Gasteiger partial charge in [-0.05, 0) is 13.0 Å². The van der Waals surface area contributed by atoms with E-state index in [1.807, 2.05) is 0 Å². The van der Waals surface area contributed by atoms with E-state index in [-0.39, 0.29) is 5.92 Å². The topological polar surface area (TPSA) is 12.0 Å². The lowest BCUT2D eigenvalue weighted by Crippen LogP contribution is -2.37. The summed E-state index contributed by atoms with van der Waals surface area (Å²) in [6, 6.07) is -0.662. The highest BCUT2D eigenvalue weighted by atomic mass is 19.3. The first-order valence-corrected chi connectivity index (χ1v) is 3.05. The van der Waals surface area contributed by atoms with E-state index in [0.29, 0.717) is 0 Å². The van der Waals surface area contributed by atoms with Gasteiger partial charge in [-0.1, -0.05) is 13.8 Å². The molecule has 0 spiro atoms. The minimum atomic E-state index is -2.25. The molecule has 1 unspecified atom stereocenters. The highest BCUT2D eigenvalue weighted by Crippen LogP contribution is 2.09. The summed E-state index contributed by atoms with van der Waals surface area (Å²) in [7, 11) is 1.55. The fourth-order valence-corrected chi connectivity index (χ4v) is 0.750. The van der Waals surface area contributed by atoms with Gasteiger partial charge in [0.1, 0.15) is 0 Å². The number of rotatable bonds is 3. The standard InChI is InChI=1S/C6H13F2N/c1-4(2)5(9-3)6(7)8/h4-6,9H,1-3H3. The monoisotopic (exact) mass is 137 g/mol. The molecule has 0 radical (unpaired) electrons. The molecule has 0 heterocycles. The lowest BCUT2D eigenvalue weighted by Gasteiger charge is -2.18. The molecule has 0 aromatic rings. The Kier molecular flexibility index (Phi) is 3.70. The van der Waals surface area contributed by atoms with E-state index in [1.165, 1.54) is 0 Å². The van der Waals surface area contributed by atoms with Crippen LogP contribution >= 0.6 is 0 Å². The largest absolute Gasteiger partial charge is 0.312 e. The van der Waals surface area contributed by atoms with Crippen molar-refractivity contribution in [3.8, 4) is 0 Å².